The van der Waals surface area contributed by atoms with Crippen molar-refractivity contribution >= 4 is 16.8 Å². The smallest absolute Gasteiger partial charge is 0.252 e. The molecule has 0 saturated carbocycles. The van der Waals surface area contributed by atoms with Crippen molar-refractivity contribution in [3.8, 4) is 11.3 Å². The Hall–Kier alpha value is -3.47. The molecule has 0 aliphatic rings. The Kier molecular flexibility index (Phi) is 4.89. The average Bonchev–Trinajstić information content (AvgIpc) is 3.18. The van der Waals surface area contributed by atoms with Crippen molar-refractivity contribution in [1.29, 1.82) is 0 Å². The molecule has 1 N–H and O–H groups in total. The van der Waals surface area contributed by atoms with E-state index in [0.29, 0.717) is 5.56 Å². The Morgan fingerprint density at radius 3 is 2.57 bits per heavy atom. The van der Waals surface area contributed by atoms with Gasteiger partial charge in [0.25, 0.3) is 5.91 Å². The minimum absolute atomic E-state index is 0.0394. The molecular formula is C23H22N4O. The van der Waals surface area contributed by atoms with E-state index in [1.54, 1.807) is 10.9 Å². The molecule has 4 aromatic rings. The predicted octanol–water partition coefficient (Wildman–Crippen LogP) is 4.52. The van der Waals surface area contributed by atoms with Gasteiger partial charge >= 0.3 is 0 Å². The van der Waals surface area contributed by atoms with E-state index < -0.39 is 0 Å². The van der Waals surface area contributed by atoms with Crippen molar-refractivity contribution in [2.75, 3.05) is 0 Å². The van der Waals surface area contributed by atoms with Crippen LogP contribution in [-0.2, 0) is 7.05 Å². The first-order valence-corrected chi connectivity index (χ1v) is 9.40. The standard InChI is InChI=1S/C23H22N4O/c1-3-20(16-9-5-4-6-10-16)26-23(28)19-13-22(17-14-24-27(2)15-17)25-21-12-8-7-11-18(19)21/h4-15,20H,3H2,1-2H3,(H,26,28). The number of nitrogens with one attached hydrogen (secondary N) is 1. The Morgan fingerprint density at radius 1 is 1.11 bits per heavy atom. The molecule has 0 fully saturated rings. The number of amides is 1. The summed E-state index contributed by atoms with van der Waals surface area (Å²) < 4.78 is 1.73. The fourth-order valence-electron chi connectivity index (χ4n) is 3.41. The molecule has 5 nitrogen and oxygen atoms in total. The molecule has 0 radical (unpaired) electrons. The number of benzene rings is 2. The molecule has 1 unspecified atom stereocenters. The van der Waals surface area contributed by atoms with Gasteiger partial charge in [-0.15, -0.1) is 0 Å². The highest BCUT2D eigenvalue weighted by molar-refractivity contribution is 6.07. The number of pyridine rings is 1. The van der Waals surface area contributed by atoms with Crippen molar-refractivity contribution in [2.45, 2.75) is 19.4 Å². The van der Waals surface area contributed by atoms with Crippen LogP contribution in [-0.4, -0.2) is 20.7 Å². The van der Waals surface area contributed by atoms with Gasteiger partial charge in [0.15, 0.2) is 0 Å². The van der Waals surface area contributed by atoms with E-state index in [4.69, 9.17) is 4.98 Å². The minimum Gasteiger partial charge on any atom is -0.345 e. The maximum atomic E-state index is 13.2. The van der Waals surface area contributed by atoms with Gasteiger partial charge < -0.3 is 5.32 Å². The SMILES string of the molecule is CCC(NC(=O)c1cc(-c2cnn(C)c2)nc2ccccc12)c1ccccc1. The first-order chi connectivity index (χ1) is 13.7. The lowest BCUT2D eigenvalue weighted by molar-refractivity contribution is 0.0937. The zero-order chi connectivity index (χ0) is 19.5. The number of aromatic nitrogens is 3. The number of carbonyl (C=O) groups is 1. The second-order valence-corrected chi connectivity index (χ2v) is 6.82. The molecule has 2 aromatic heterocycles. The normalized spacial score (nSPS) is 12.1. The Labute approximate surface area is 164 Å². The third-order valence-corrected chi connectivity index (χ3v) is 4.88. The molecule has 0 aliphatic carbocycles. The maximum absolute atomic E-state index is 13.2. The summed E-state index contributed by atoms with van der Waals surface area (Å²) in [6, 6.07) is 19.6. The second kappa shape index (κ2) is 7.64. The summed E-state index contributed by atoms with van der Waals surface area (Å²) in [4.78, 5) is 18.0. The molecular weight excluding hydrogens is 348 g/mol. The van der Waals surface area contributed by atoms with Gasteiger partial charge in [-0.1, -0.05) is 55.5 Å². The first-order valence-electron chi connectivity index (χ1n) is 9.40. The van der Waals surface area contributed by atoms with Crippen LogP contribution in [0.5, 0.6) is 0 Å². The predicted molar refractivity (Wildman–Crippen MR) is 111 cm³/mol. The summed E-state index contributed by atoms with van der Waals surface area (Å²) in [6.07, 6.45) is 4.48. The van der Waals surface area contributed by atoms with Crippen LogP contribution < -0.4 is 5.32 Å². The highest BCUT2D eigenvalue weighted by atomic mass is 16.1. The molecule has 28 heavy (non-hydrogen) atoms. The summed E-state index contributed by atoms with van der Waals surface area (Å²) >= 11 is 0. The van der Waals surface area contributed by atoms with Gasteiger partial charge in [-0.25, -0.2) is 4.98 Å². The van der Waals surface area contributed by atoms with Gasteiger partial charge in [-0.3, -0.25) is 9.48 Å². The largest absolute Gasteiger partial charge is 0.345 e. The molecule has 4 rings (SSSR count). The molecule has 2 aromatic carbocycles. The quantitative estimate of drug-likeness (QED) is 0.562. The monoisotopic (exact) mass is 370 g/mol. The van der Waals surface area contributed by atoms with Gasteiger partial charge in [-0.05, 0) is 24.1 Å². The Bertz CT molecular complexity index is 1120. The number of nitrogens with zero attached hydrogens (tertiary/aromatic N) is 3. The van der Waals surface area contributed by atoms with Crippen LogP contribution in [0.25, 0.3) is 22.2 Å². The maximum Gasteiger partial charge on any atom is 0.252 e. The highest BCUT2D eigenvalue weighted by Crippen LogP contribution is 2.25. The summed E-state index contributed by atoms with van der Waals surface area (Å²) in [5.41, 5.74) is 4.15. The molecule has 0 spiro atoms. The first kappa shape index (κ1) is 17.9. The molecule has 1 amide bonds. The van der Waals surface area contributed by atoms with Gasteiger partial charge in [-0.2, -0.15) is 5.10 Å². The van der Waals surface area contributed by atoms with Crippen molar-refractivity contribution in [2.24, 2.45) is 7.05 Å². The molecule has 0 bridgehead atoms. The lowest BCUT2D eigenvalue weighted by atomic mass is 10.0. The third-order valence-electron chi connectivity index (χ3n) is 4.88. The van der Waals surface area contributed by atoms with Crippen molar-refractivity contribution in [3.63, 3.8) is 0 Å². The number of para-hydroxylation sites is 1. The lowest BCUT2D eigenvalue weighted by Crippen LogP contribution is -2.28. The number of rotatable bonds is 5. The number of hydrogen-bond donors (Lipinski definition) is 1. The van der Waals surface area contributed by atoms with E-state index in [1.807, 2.05) is 73.9 Å². The van der Waals surface area contributed by atoms with E-state index in [9.17, 15) is 4.79 Å². The van der Waals surface area contributed by atoms with Gasteiger partial charge in [0.2, 0.25) is 0 Å². The summed E-state index contributed by atoms with van der Waals surface area (Å²) in [7, 11) is 1.86. The number of carbonyl (C=O) groups excluding carboxylic acids is 1. The van der Waals surface area contributed by atoms with Crippen LogP contribution in [0.4, 0.5) is 0 Å². The van der Waals surface area contributed by atoms with E-state index in [1.165, 1.54) is 0 Å². The van der Waals surface area contributed by atoms with Crippen LogP contribution in [0.1, 0.15) is 35.3 Å². The topological polar surface area (TPSA) is 59.8 Å². The van der Waals surface area contributed by atoms with E-state index in [2.05, 4.69) is 17.3 Å². The Morgan fingerprint density at radius 2 is 1.86 bits per heavy atom. The second-order valence-electron chi connectivity index (χ2n) is 6.82. The van der Waals surface area contributed by atoms with E-state index in [-0.39, 0.29) is 11.9 Å². The zero-order valence-electron chi connectivity index (χ0n) is 16.0. The van der Waals surface area contributed by atoms with Crippen LogP contribution >= 0.6 is 0 Å². The minimum atomic E-state index is -0.0977. The molecule has 2 heterocycles. The molecule has 0 aliphatic heterocycles. The van der Waals surface area contributed by atoms with Gasteiger partial charge in [0.1, 0.15) is 0 Å². The van der Waals surface area contributed by atoms with Crippen LogP contribution in [0.2, 0.25) is 0 Å². The van der Waals surface area contributed by atoms with Crippen molar-refractivity contribution < 1.29 is 4.79 Å². The fraction of sp³-hybridized carbons (Fsp3) is 0.174. The average molecular weight is 370 g/mol. The number of hydrogen-bond acceptors (Lipinski definition) is 3. The van der Waals surface area contributed by atoms with Crippen molar-refractivity contribution in [1.82, 2.24) is 20.1 Å². The molecule has 140 valence electrons. The third kappa shape index (κ3) is 3.51. The van der Waals surface area contributed by atoms with Crippen LogP contribution in [0.15, 0.2) is 73.1 Å². The van der Waals surface area contributed by atoms with E-state index >= 15 is 0 Å². The summed E-state index contributed by atoms with van der Waals surface area (Å²) in [5.74, 6) is -0.0977. The highest BCUT2D eigenvalue weighted by Gasteiger charge is 2.18. The van der Waals surface area contributed by atoms with Crippen LogP contribution in [0.3, 0.4) is 0 Å². The molecule has 1 atom stereocenters. The fourth-order valence-corrected chi connectivity index (χ4v) is 3.41. The number of aryl methyl sites for hydroxylation is 1. The Balaban J connectivity index is 1.75. The molecule has 0 saturated heterocycles. The van der Waals surface area contributed by atoms with E-state index in [0.717, 1.165) is 34.1 Å². The van der Waals surface area contributed by atoms with Gasteiger partial charge in [0, 0.05) is 24.2 Å². The lowest BCUT2D eigenvalue weighted by Gasteiger charge is -2.18. The van der Waals surface area contributed by atoms with Crippen molar-refractivity contribution in [3.05, 3.63) is 84.2 Å². The van der Waals surface area contributed by atoms with Gasteiger partial charge in [0.05, 0.1) is 29.0 Å². The summed E-state index contributed by atoms with van der Waals surface area (Å²) in [5, 5.41) is 8.26. The number of fused-ring (bicyclic) bond motifs is 1. The molecule has 5 heteroatoms. The zero-order valence-corrected chi connectivity index (χ0v) is 16.0. The van der Waals surface area contributed by atoms with Crippen LogP contribution in [0, 0.1) is 0 Å². The summed E-state index contributed by atoms with van der Waals surface area (Å²) in [6.45, 7) is 2.07.